The average Bonchev–Trinajstić information content (AvgIpc) is 3.14. The molecule has 0 radical (unpaired) electrons. The number of aromatic nitrogens is 2. The number of benzene rings is 4. The van der Waals surface area contributed by atoms with Gasteiger partial charge in [0.2, 0.25) is 5.91 Å². The Kier molecular flexibility index (Phi) is 9.94. The van der Waals surface area contributed by atoms with Crippen LogP contribution in [0.2, 0.25) is 0 Å². The lowest BCUT2D eigenvalue weighted by Crippen LogP contribution is -2.41. The molecule has 0 saturated carbocycles. The summed E-state index contributed by atoms with van der Waals surface area (Å²) >= 11 is 0. The van der Waals surface area contributed by atoms with Gasteiger partial charge >= 0.3 is 6.18 Å². The molecule has 2 heterocycles. The number of pyridine rings is 2. The normalized spacial score (nSPS) is 11.8. The predicted octanol–water partition coefficient (Wildman–Crippen LogP) is 7.40. The molecule has 0 aliphatic rings. The van der Waals surface area contributed by atoms with Crippen LogP contribution in [0, 0.1) is 0 Å². The zero-order valence-electron chi connectivity index (χ0n) is 26.4. The van der Waals surface area contributed by atoms with Crippen molar-refractivity contribution >= 4 is 34.4 Å². The number of halogens is 3. The lowest BCUT2D eigenvalue weighted by atomic mass is 9.98. The highest BCUT2D eigenvalue weighted by atomic mass is 19.4. The lowest BCUT2D eigenvalue weighted by Gasteiger charge is -2.19. The first-order valence-corrected chi connectivity index (χ1v) is 15.7. The molecule has 0 saturated heterocycles. The van der Waals surface area contributed by atoms with Gasteiger partial charge in [0.15, 0.2) is 0 Å². The van der Waals surface area contributed by atoms with Crippen molar-refractivity contribution in [3.63, 3.8) is 0 Å². The van der Waals surface area contributed by atoms with Crippen LogP contribution >= 0.6 is 0 Å². The molecule has 2 aromatic heterocycles. The molecule has 0 fully saturated rings. The highest BCUT2D eigenvalue weighted by Crippen LogP contribution is 2.32. The van der Waals surface area contributed by atoms with Crippen LogP contribution in [-0.4, -0.2) is 34.2 Å². The summed E-state index contributed by atoms with van der Waals surface area (Å²) in [6.45, 7) is 0.378. The van der Waals surface area contributed by atoms with E-state index in [0.717, 1.165) is 17.7 Å². The topological polar surface area (TPSA) is 113 Å². The maximum atomic E-state index is 13.4. The molecule has 0 aliphatic heterocycles. The van der Waals surface area contributed by atoms with Gasteiger partial charge in [0, 0.05) is 35.5 Å². The van der Waals surface area contributed by atoms with Crippen LogP contribution < -0.4 is 16.0 Å². The van der Waals surface area contributed by atoms with Crippen molar-refractivity contribution in [3.05, 3.63) is 162 Å². The number of amides is 3. The Morgan fingerprint density at radius 1 is 0.740 bits per heavy atom. The van der Waals surface area contributed by atoms with Crippen LogP contribution in [0.4, 0.5) is 19.0 Å². The summed E-state index contributed by atoms with van der Waals surface area (Å²) in [5, 5.41) is 9.15. The summed E-state index contributed by atoms with van der Waals surface area (Å²) < 4.78 is 39.2. The van der Waals surface area contributed by atoms with Crippen LogP contribution in [0.25, 0.3) is 22.0 Å². The Bertz CT molecular complexity index is 2140. The van der Waals surface area contributed by atoms with Crippen molar-refractivity contribution < 1.29 is 27.6 Å². The number of fused-ring (bicyclic) bond motifs is 1. The fraction of sp³-hybridized carbons (Fsp3) is 0.103. The Hall–Kier alpha value is -6.36. The van der Waals surface area contributed by atoms with Crippen molar-refractivity contribution in [3.8, 4) is 11.1 Å². The Labute approximate surface area is 285 Å². The van der Waals surface area contributed by atoms with Gasteiger partial charge in [-0.05, 0) is 89.3 Å². The first-order valence-electron chi connectivity index (χ1n) is 15.7. The second-order valence-corrected chi connectivity index (χ2v) is 11.4. The molecule has 0 aliphatic carbocycles. The third-order valence-corrected chi connectivity index (χ3v) is 8.02. The van der Waals surface area contributed by atoms with Crippen LogP contribution in [-0.2, 0) is 17.4 Å². The van der Waals surface area contributed by atoms with E-state index >= 15 is 0 Å². The number of rotatable bonds is 10. The van der Waals surface area contributed by atoms with Gasteiger partial charge in [0.05, 0.1) is 11.1 Å². The van der Waals surface area contributed by atoms with Gasteiger partial charge in [-0.3, -0.25) is 19.4 Å². The van der Waals surface area contributed by atoms with Crippen LogP contribution in [0.5, 0.6) is 0 Å². The highest BCUT2D eigenvalue weighted by molar-refractivity contribution is 6.09. The molecule has 3 amide bonds. The second kappa shape index (κ2) is 14.8. The van der Waals surface area contributed by atoms with E-state index in [2.05, 4.69) is 25.9 Å². The molecule has 6 aromatic rings. The van der Waals surface area contributed by atoms with Crippen molar-refractivity contribution in [2.75, 3.05) is 11.9 Å². The van der Waals surface area contributed by atoms with Gasteiger partial charge in [-0.2, -0.15) is 13.2 Å². The van der Waals surface area contributed by atoms with Crippen molar-refractivity contribution in [2.45, 2.75) is 18.6 Å². The molecule has 6 rings (SSSR count). The smallest absolute Gasteiger partial charge is 0.354 e. The molecule has 1 atom stereocenters. The summed E-state index contributed by atoms with van der Waals surface area (Å²) in [5.74, 6) is -1.05. The average molecular weight is 674 g/mol. The zero-order valence-corrected chi connectivity index (χ0v) is 26.4. The molecule has 4 aromatic carbocycles. The summed E-state index contributed by atoms with van der Waals surface area (Å²) in [6.07, 6.45) is -0.482. The maximum Gasteiger partial charge on any atom is 0.416 e. The van der Waals surface area contributed by atoms with Gasteiger partial charge in [0.25, 0.3) is 11.8 Å². The number of anilines is 1. The molecule has 11 heteroatoms. The van der Waals surface area contributed by atoms with Gasteiger partial charge in [-0.25, -0.2) is 4.98 Å². The molecule has 0 spiro atoms. The SMILES string of the molecule is O=C(N[C@H](C(=O)NCCc1ccncc1)c1ccccc1)c1ccc2nc(NC(=O)c3ccccc3-c3ccc(C(F)(F)F)cc3)ccc2c1. The van der Waals surface area contributed by atoms with E-state index in [4.69, 9.17) is 0 Å². The third-order valence-electron chi connectivity index (χ3n) is 8.02. The van der Waals surface area contributed by atoms with E-state index in [1.54, 1.807) is 91.3 Å². The van der Waals surface area contributed by atoms with Crippen molar-refractivity contribution in [1.82, 2.24) is 20.6 Å². The zero-order chi connectivity index (χ0) is 35.1. The Morgan fingerprint density at radius 2 is 1.46 bits per heavy atom. The van der Waals surface area contributed by atoms with Gasteiger partial charge in [-0.1, -0.05) is 60.7 Å². The first kappa shape index (κ1) is 33.5. The molecule has 50 heavy (non-hydrogen) atoms. The first-order chi connectivity index (χ1) is 24.2. The van der Waals surface area contributed by atoms with E-state index in [1.807, 2.05) is 18.2 Å². The third kappa shape index (κ3) is 8.01. The Morgan fingerprint density at radius 3 is 2.20 bits per heavy atom. The van der Waals surface area contributed by atoms with Crippen LogP contribution in [0.15, 0.2) is 134 Å². The van der Waals surface area contributed by atoms with Gasteiger partial charge < -0.3 is 16.0 Å². The highest BCUT2D eigenvalue weighted by Gasteiger charge is 2.30. The summed E-state index contributed by atoms with van der Waals surface area (Å²) in [7, 11) is 0. The van der Waals surface area contributed by atoms with E-state index < -0.39 is 29.6 Å². The quantitative estimate of drug-likeness (QED) is 0.140. The number of alkyl halides is 3. The predicted molar refractivity (Wildman–Crippen MR) is 184 cm³/mol. The minimum atomic E-state index is -4.47. The van der Waals surface area contributed by atoms with Gasteiger partial charge in [-0.15, -0.1) is 0 Å². The number of nitrogens with one attached hydrogen (secondary N) is 3. The second-order valence-electron chi connectivity index (χ2n) is 11.4. The monoisotopic (exact) mass is 673 g/mol. The molecular formula is C39H30F3N5O3. The fourth-order valence-corrected chi connectivity index (χ4v) is 5.43. The molecule has 0 unspecified atom stereocenters. The van der Waals surface area contributed by atoms with Crippen molar-refractivity contribution in [2.24, 2.45) is 0 Å². The van der Waals surface area contributed by atoms with E-state index in [1.165, 1.54) is 12.1 Å². The molecular weight excluding hydrogens is 643 g/mol. The van der Waals surface area contributed by atoms with E-state index in [9.17, 15) is 27.6 Å². The van der Waals surface area contributed by atoms with Crippen LogP contribution in [0.1, 0.15) is 43.4 Å². The number of hydrogen-bond acceptors (Lipinski definition) is 5. The molecule has 3 N–H and O–H groups in total. The summed E-state index contributed by atoms with van der Waals surface area (Å²) in [4.78, 5) is 48.5. The number of hydrogen-bond donors (Lipinski definition) is 3. The lowest BCUT2D eigenvalue weighted by molar-refractivity contribution is -0.137. The fourth-order valence-electron chi connectivity index (χ4n) is 5.43. The summed E-state index contributed by atoms with van der Waals surface area (Å²) in [5.41, 5.74) is 2.87. The van der Waals surface area contributed by atoms with Crippen molar-refractivity contribution in [1.29, 1.82) is 0 Å². The maximum absolute atomic E-state index is 13.4. The molecule has 250 valence electrons. The number of carbonyl (C=O) groups excluding carboxylic acids is 3. The van der Waals surface area contributed by atoms with Gasteiger partial charge in [0.1, 0.15) is 11.9 Å². The van der Waals surface area contributed by atoms with E-state index in [0.29, 0.717) is 46.1 Å². The largest absolute Gasteiger partial charge is 0.416 e. The molecule has 0 bridgehead atoms. The summed E-state index contributed by atoms with van der Waals surface area (Å²) in [6, 6.07) is 31.2. The standard InChI is InChI=1S/C39H30F3N5O3/c40-39(41,42)30-14-10-26(11-15-30)31-8-4-5-9-32(31)37(49)46-34-17-13-28-24-29(12-16-33(28)45-34)36(48)47-35(27-6-2-1-3-7-27)38(50)44-23-20-25-18-21-43-22-19-25/h1-19,21-22,24,35H,20,23H2,(H,44,50)(H,47,48)(H,45,46,49)/t35-/m0/s1. The number of nitrogens with zero attached hydrogens (tertiary/aromatic N) is 2. The minimum absolute atomic E-state index is 0.245. The molecule has 8 nitrogen and oxygen atoms in total. The van der Waals surface area contributed by atoms with E-state index in [-0.39, 0.29) is 17.3 Å². The minimum Gasteiger partial charge on any atom is -0.354 e. The van der Waals surface area contributed by atoms with Crippen LogP contribution in [0.3, 0.4) is 0 Å². The number of carbonyl (C=O) groups is 3. The Balaban J connectivity index is 1.15.